The summed E-state index contributed by atoms with van der Waals surface area (Å²) in [6.07, 6.45) is 8.60. The number of hydrogen-bond acceptors (Lipinski definition) is 16. The van der Waals surface area contributed by atoms with Crippen LogP contribution in [0.5, 0.6) is 69.0 Å². The number of nitrogens with zero attached hydrogens (tertiary/aromatic N) is 4. The maximum atomic E-state index is 6.81. The maximum Gasteiger partial charge on any atom is 0.123 e. The summed E-state index contributed by atoms with van der Waals surface area (Å²) >= 11 is 0. The van der Waals surface area contributed by atoms with Crippen molar-refractivity contribution in [1.82, 2.24) is 19.6 Å². The molecule has 14 aromatic rings. The fraction of sp³-hybridized carbons (Fsp3) is 0.162. The zero-order valence-corrected chi connectivity index (χ0v) is 67.5. The molecule has 0 N–H and O–H groups in total. The Bertz CT molecular complexity index is 4730. The highest BCUT2D eigenvalue weighted by Crippen LogP contribution is 2.35. The van der Waals surface area contributed by atoms with Gasteiger partial charge in [-0.15, -0.1) is 0 Å². The summed E-state index contributed by atoms with van der Waals surface area (Å²) < 4.78 is 78.7. The molecule has 14 aromatic carbocycles. The van der Waals surface area contributed by atoms with E-state index in [1.165, 1.54) is 0 Å². The third-order valence-corrected chi connectivity index (χ3v) is 20.1. The Morgan fingerprint density at radius 1 is 0.149 bits per heavy atom. The van der Waals surface area contributed by atoms with Crippen molar-refractivity contribution in [2.75, 3.05) is 20.0 Å². The largest absolute Gasteiger partial charge is 0.489 e. The van der Waals surface area contributed by atoms with Gasteiger partial charge in [-0.1, -0.05) is 243 Å². The molecular weight excluding hydrogens is 1510 g/mol. The van der Waals surface area contributed by atoms with Gasteiger partial charge in [0.2, 0.25) is 0 Å². The molecule has 2 heterocycles. The standard InChI is InChI=1S/C105H96N4O12/c1-9-25-80(26-10-1)65-110-98-49-90(50-99(59-98)111-66-81-27-11-2-12-28-81)73-118-94-45-88(46-95(57-94)119-74-91-51-100(112-67-82-29-13-3-14-30-82)60-101(52-91)113-68-83-31-15-4-16-32-83)63-106-41-43-108(77-106)79-109-44-42-107(78-109)64-89-47-96(120-75-92-53-102(114-69-84-33-17-5-18-34-84)61-103(54-92)115-70-85-35-19-6-20-36-85)58-97(48-89)121-76-93-55-104(116-71-86-37-21-7-22-38-86)62-105(56-93)117-72-87-39-23-8-24-40-87/h1-62H,63-79H2. The third kappa shape index (κ3) is 25.2. The first kappa shape index (κ1) is 80.2. The average Bonchev–Trinajstić information content (AvgIpc) is 1.35. The van der Waals surface area contributed by atoms with Gasteiger partial charge in [0.1, 0.15) is 148 Å². The zero-order chi connectivity index (χ0) is 81.7. The molecule has 16 rings (SSSR count). The normalized spacial score (nSPS) is 12.1. The van der Waals surface area contributed by atoms with E-state index >= 15 is 0 Å². The zero-order valence-electron chi connectivity index (χ0n) is 67.5. The molecule has 0 spiro atoms. The van der Waals surface area contributed by atoms with E-state index < -0.39 is 0 Å². The topological polar surface area (TPSA) is 124 Å². The molecule has 608 valence electrons. The molecule has 0 aromatic heterocycles. The van der Waals surface area contributed by atoms with Crippen LogP contribution < -0.4 is 56.8 Å². The Balaban J connectivity index is 0.617. The summed E-state index contributed by atoms with van der Waals surface area (Å²) in [6, 6.07) is 117. The number of ether oxygens (including phenoxy) is 12. The van der Waals surface area contributed by atoms with Crippen molar-refractivity contribution in [1.29, 1.82) is 0 Å². The Morgan fingerprint density at radius 3 is 0.455 bits per heavy atom. The molecule has 2 aliphatic rings. The molecular formula is C105H96N4O12. The number of benzene rings is 14. The molecule has 16 nitrogen and oxygen atoms in total. The van der Waals surface area contributed by atoms with E-state index in [4.69, 9.17) is 56.8 Å². The summed E-state index contributed by atoms with van der Waals surface area (Å²) in [5.74, 6) is 7.96. The van der Waals surface area contributed by atoms with Gasteiger partial charge in [0.25, 0.3) is 0 Å². The quantitative estimate of drug-likeness (QED) is 0.0360. The Kier molecular flexibility index (Phi) is 27.5. The highest BCUT2D eigenvalue weighted by atomic mass is 16.5. The van der Waals surface area contributed by atoms with Gasteiger partial charge in [0.05, 0.1) is 20.0 Å². The summed E-state index contributed by atoms with van der Waals surface area (Å²) in [5, 5.41) is 0. The molecule has 2 aliphatic heterocycles. The minimum absolute atomic E-state index is 0.227. The van der Waals surface area contributed by atoms with Gasteiger partial charge in [0, 0.05) is 74.3 Å². The number of rotatable bonds is 42. The lowest BCUT2D eigenvalue weighted by molar-refractivity contribution is 0.159. The monoisotopic (exact) mass is 1600 g/mol. The summed E-state index contributed by atoms with van der Waals surface area (Å²) in [6.45, 7) is 7.14. The predicted octanol–water partition coefficient (Wildman–Crippen LogP) is 22.4. The first-order chi connectivity index (χ1) is 59.7. The molecule has 121 heavy (non-hydrogen) atoms. The van der Waals surface area contributed by atoms with Crippen LogP contribution in [0.2, 0.25) is 0 Å². The van der Waals surface area contributed by atoms with E-state index in [0.29, 0.717) is 155 Å². The van der Waals surface area contributed by atoms with Crippen LogP contribution in [0.1, 0.15) is 77.9 Å². The Morgan fingerprint density at radius 2 is 0.289 bits per heavy atom. The van der Waals surface area contributed by atoms with Crippen molar-refractivity contribution in [3.05, 3.63) is 455 Å². The molecule has 0 aliphatic carbocycles. The van der Waals surface area contributed by atoms with Crippen LogP contribution in [0.4, 0.5) is 0 Å². The van der Waals surface area contributed by atoms with E-state index in [9.17, 15) is 0 Å². The number of hydrogen-bond donors (Lipinski definition) is 0. The smallest absolute Gasteiger partial charge is 0.123 e. The average molecular weight is 1610 g/mol. The highest BCUT2D eigenvalue weighted by molar-refractivity contribution is 5.46. The van der Waals surface area contributed by atoms with E-state index in [-0.39, 0.29) is 26.4 Å². The molecule has 0 unspecified atom stereocenters. The van der Waals surface area contributed by atoms with Crippen molar-refractivity contribution in [2.45, 2.75) is 92.4 Å². The fourth-order valence-corrected chi connectivity index (χ4v) is 14.0. The van der Waals surface area contributed by atoms with Gasteiger partial charge in [-0.3, -0.25) is 0 Å². The van der Waals surface area contributed by atoms with Gasteiger partial charge in [-0.2, -0.15) is 0 Å². The SMILES string of the molecule is C1=CN(CN2C=CN(Cc3cc(OCc4cc(OCc5ccccc5)cc(OCc5ccccc5)c4)cc(OCc4cc(OCc5ccccc5)cc(OCc5ccccc5)c4)c3)C2)CN1Cc1cc(OCc2cc(OCc3ccccc3)cc(OCc3ccccc3)c2)cc(OCc2cc(OCc3ccccc3)cc(OCc3ccccc3)c2)c1. The molecule has 0 radical (unpaired) electrons. The first-order valence-corrected chi connectivity index (χ1v) is 40.8. The lowest BCUT2D eigenvalue weighted by Crippen LogP contribution is -2.35. The third-order valence-electron chi connectivity index (χ3n) is 20.1. The lowest BCUT2D eigenvalue weighted by atomic mass is 10.1. The second-order valence-corrected chi connectivity index (χ2v) is 29.9. The Hall–Kier alpha value is -14.6. The molecule has 0 saturated carbocycles. The van der Waals surface area contributed by atoms with Gasteiger partial charge < -0.3 is 76.4 Å². The molecule has 0 amide bonds. The van der Waals surface area contributed by atoms with Crippen LogP contribution in [0.3, 0.4) is 0 Å². The van der Waals surface area contributed by atoms with Gasteiger partial charge >= 0.3 is 0 Å². The lowest BCUT2D eigenvalue weighted by Gasteiger charge is -2.28. The van der Waals surface area contributed by atoms with E-state index in [1.54, 1.807) is 0 Å². The van der Waals surface area contributed by atoms with Crippen molar-refractivity contribution < 1.29 is 56.8 Å². The van der Waals surface area contributed by atoms with Crippen LogP contribution in [-0.2, 0) is 92.4 Å². The van der Waals surface area contributed by atoms with Crippen molar-refractivity contribution >= 4 is 0 Å². The highest BCUT2D eigenvalue weighted by Gasteiger charge is 2.22. The van der Waals surface area contributed by atoms with Gasteiger partial charge in [-0.25, -0.2) is 0 Å². The van der Waals surface area contributed by atoms with E-state index in [0.717, 1.165) is 77.9 Å². The van der Waals surface area contributed by atoms with Crippen LogP contribution in [0.25, 0.3) is 0 Å². The Labute approximate surface area is 708 Å². The minimum atomic E-state index is 0.227. The summed E-state index contributed by atoms with van der Waals surface area (Å²) in [5.41, 5.74) is 14.0. The minimum Gasteiger partial charge on any atom is -0.489 e. The van der Waals surface area contributed by atoms with E-state index in [1.807, 2.05) is 231 Å². The maximum absolute atomic E-state index is 6.81. The molecule has 0 bridgehead atoms. The van der Waals surface area contributed by atoms with Crippen molar-refractivity contribution in [3.63, 3.8) is 0 Å². The summed E-state index contributed by atoms with van der Waals surface area (Å²) in [4.78, 5) is 9.20. The molecule has 16 heteroatoms. The van der Waals surface area contributed by atoms with Crippen LogP contribution >= 0.6 is 0 Å². The predicted molar refractivity (Wildman–Crippen MR) is 470 cm³/mol. The van der Waals surface area contributed by atoms with Gasteiger partial charge in [-0.05, 0) is 151 Å². The van der Waals surface area contributed by atoms with Crippen LogP contribution in [0.15, 0.2) is 377 Å². The van der Waals surface area contributed by atoms with Crippen molar-refractivity contribution in [3.8, 4) is 69.0 Å². The second kappa shape index (κ2) is 41.5. The van der Waals surface area contributed by atoms with Crippen molar-refractivity contribution in [2.24, 2.45) is 0 Å². The van der Waals surface area contributed by atoms with Crippen LogP contribution in [0, 0.1) is 0 Å². The first-order valence-electron chi connectivity index (χ1n) is 40.8. The van der Waals surface area contributed by atoms with Gasteiger partial charge in [0.15, 0.2) is 0 Å². The molecule has 0 fully saturated rings. The molecule has 0 atom stereocenters. The molecule has 0 saturated heterocycles. The van der Waals surface area contributed by atoms with E-state index in [2.05, 4.69) is 166 Å². The summed E-state index contributed by atoms with van der Waals surface area (Å²) in [7, 11) is 0. The second-order valence-electron chi connectivity index (χ2n) is 29.9. The van der Waals surface area contributed by atoms with Crippen LogP contribution in [-0.4, -0.2) is 39.6 Å². The fourth-order valence-electron chi connectivity index (χ4n) is 14.0.